The number of esters is 1. The number of carbonyl (C=O) groups excluding carboxylic acids is 1. The SMILES string of the molecule is CCCc1c(C(=O)OC)nnn1Cc1ncnn1C. The minimum atomic E-state index is -0.465. The lowest BCUT2D eigenvalue weighted by Crippen LogP contribution is -2.13. The normalized spacial score (nSPS) is 10.7. The molecule has 0 aliphatic carbocycles. The standard InChI is InChI=1S/C11H16N6O2/c1-4-5-8-10(11(18)19-3)14-15-17(8)6-9-12-7-13-16(9)2/h7H,4-6H2,1-3H3. The van der Waals surface area contributed by atoms with Gasteiger partial charge in [0.25, 0.3) is 0 Å². The van der Waals surface area contributed by atoms with Gasteiger partial charge in [-0.1, -0.05) is 18.6 Å². The van der Waals surface area contributed by atoms with Gasteiger partial charge in [-0.2, -0.15) is 5.10 Å². The summed E-state index contributed by atoms with van der Waals surface area (Å²) < 4.78 is 8.04. The van der Waals surface area contributed by atoms with Gasteiger partial charge in [0.15, 0.2) is 5.69 Å². The first-order valence-electron chi connectivity index (χ1n) is 6.00. The molecule has 0 aromatic carbocycles. The van der Waals surface area contributed by atoms with E-state index in [1.807, 2.05) is 6.92 Å². The third-order valence-corrected chi connectivity index (χ3v) is 2.80. The predicted molar refractivity (Wildman–Crippen MR) is 65.5 cm³/mol. The third-order valence-electron chi connectivity index (χ3n) is 2.80. The van der Waals surface area contributed by atoms with Crippen molar-refractivity contribution in [1.82, 2.24) is 29.8 Å². The molecule has 0 aliphatic rings. The highest BCUT2D eigenvalue weighted by Gasteiger charge is 2.20. The van der Waals surface area contributed by atoms with Crippen LogP contribution in [0.1, 0.15) is 35.4 Å². The summed E-state index contributed by atoms with van der Waals surface area (Å²) >= 11 is 0. The van der Waals surface area contributed by atoms with Crippen molar-refractivity contribution in [3.8, 4) is 0 Å². The summed E-state index contributed by atoms with van der Waals surface area (Å²) in [6.45, 7) is 2.45. The Bertz CT molecular complexity index is 574. The molecular formula is C11H16N6O2. The minimum Gasteiger partial charge on any atom is -0.464 e. The molecule has 0 fully saturated rings. The van der Waals surface area contributed by atoms with Crippen molar-refractivity contribution in [2.24, 2.45) is 7.05 Å². The highest BCUT2D eigenvalue weighted by Crippen LogP contribution is 2.11. The van der Waals surface area contributed by atoms with Crippen molar-refractivity contribution in [3.05, 3.63) is 23.5 Å². The van der Waals surface area contributed by atoms with E-state index in [-0.39, 0.29) is 5.69 Å². The van der Waals surface area contributed by atoms with E-state index in [2.05, 4.69) is 20.4 Å². The monoisotopic (exact) mass is 264 g/mol. The zero-order valence-corrected chi connectivity index (χ0v) is 11.2. The van der Waals surface area contributed by atoms with Crippen molar-refractivity contribution >= 4 is 5.97 Å². The second-order valence-corrected chi connectivity index (χ2v) is 4.08. The van der Waals surface area contributed by atoms with Gasteiger partial charge in [-0.25, -0.2) is 14.5 Å². The number of nitrogens with zero attached hydrogens (tertiary/aromatic N) is 6. The predicted octanol–water partition coefficient (Wildman–Crippen LogP) is 0.194. The molecule has 0 spiro atoms. The molecule has 8 heteroatoms. The molecule has 0 radical (unpaired) electrons. The number of carbonyl (C=O) groups is 1. The van der Waals surface area contributed by atoms with Crippen LogP contribution >= 0.6 is 0 Å². The first-order chi connectivity index (χ1) is 9.17. The maximum Gasteiger partial charge on any atom is 0.360 e. The second kappa shape index (κ2) is 5.59. The Kier molecular flexibility index (Phi) is 3.88. The molecule has 0 bridgehead atoms. The molecule has 0 aliphatic heterocycles. The lowest BCUT2D eigenvalue weighted by molar-refractivity contribution is 0.0592. The largest absolute Gasteiger partial charge is 0.464 e. The maximum atomic E-state index is 11.6. The molecule has 0 unspecified atom stereocenters. The van der Waals surface area contributed by atoms with Crippen molar-refractivity contribution < 1.29 is 9.53 Å². The van der Waals surface area contributed by atoms with Crippen LogP contribution in [0.3, 0.4) is 0 Å². The molecule has 2 heterocycles. The Hall–Kier alpha value is -2.25. The van der Waals surface area contributed by atoms with Crippen molar-refractivity contribution in [2.45, 2.75) is 26.3 Å². The molecule has 102 valence electrons. The molecule has 0 saturated carbocycles. The second-order valence-electron chi connectivity index (χ2n) is 4.08. The summed E-state index contributed by atoms with van der Waals surface area (Å²) in [4.78, 5) is 15.8. The molecule has 0 atom stereocenters. The van der Waals surface area contributed by atoms with Crippen LogP contribution in [0.4, 0.5) is 0 Å². The van der Waals surface area contributed by atoms with Gasteiger partial charge in [0.2, 0.25) is 0 Å². The molecule has 2 aromatic heterocycles. The van der Waals surface area contributed by atoms with E-state index in [0.717, 1.165) is 17.9 Å². The van der Waals surface area contributed by atoms with Crippen LogP contribution < -0.4 is 0 Å². The zero-order valence-electron chi connectivity index (χ0n) is 11.2. The average molecular weight is 264 g/mol. The van der Waals surface area contributed by atoms with Gasteiger partial charge in [0.1, 0.15) is 18.7 Å². The van der Waals surface area contributed by atoms with Crippen LogP contribution in [-0.2, 0) is 24.8 Å². The van der Waals surface area contributed by atoms with E-state index in [9.17, 15) is 4.79 Å². The summed E-state index contributed by atoms with van der Waals surface area (Å²) in [5.41, 5.74) is 1.03. The topological polar surface area (TPSA) is 87.7 Å². The fraction of sp³-hybridized carbons (Fsp3) is 0.545. The number of rotatable bonds is 5. The van der Waals surface area contributed by atoms with E-state index < -0.39 is 5.97 Å². The molecular weight excluding hydrogens is 248 g/mol. The average Bonchev–Trinajstić information content (AvgIpc) is 2.98. The van der Waals surface area contributed by atoms with Crippen LogP contribution in [0.15, 0.2) is 6.33 Å². The highest BCUT2D eigenvalue weighted by atomic mass is 16.5. The van der Waals surface area contributed by atoms with E-state index in [4.69, 9.17) is 4.74 Å². The van der Waals surface area contributed by atoms with Gasteiger partial charge in [-0.15, -0.1) is 5.10 Å². The van der Waals surface area contributed by atoms with Crippen molar-refractivity contribution in [2.75, 3.05) is 7.11 Å². The van der Waals surface area contributed by atoms with Crippen molar-refractivity contribution in [3.63, 3.8) is 0 Å². The molecule has 0 amide bonds. The number of hydrogen-bond donors (Lipinski definition) is 0. The summed E-state index contributed by atoms with van der Waals surface area (Å²) in [6, 6.07) is 0. The van der Waals surface area contributed by atoms with Crippen LogP contribution in [0.2, 0.25) is 0 Å². The maximum absolute atomic E-state index is 11.6. The quantitative estimate of drug-likeness (QED) is 0.716. The highest BCUT2D eigenvalue weighted by molar-refractivity contribution is 5.88. The summed E-state index contributed by atoms with van der Waals surface area (Å²) in [5.74, 6) is 0.284. The van der Waals surface area contributed by atoms with Crippen LogP contribution in [-0.4, -0.2) is 42.8 Å². The Balaban J connectivity index is 2.32. The minimum absolute atomic E-state index is 0.270. The molecule has 8 nitrogen and oxygen atoms in total. The smallest absolute Gasteiger partial charge is 0.360 e. The van der Waals surface area contributed by atoms with E-state index >= 15 is 0 Å². The summed E-state index contributed by atoms with van der Waals surface area (Å²) in [7, 11) is 3.14. The Morgan fingerprint density at radius 1 is 1.47 bits per heavy atom. The van der Waals surface area contributed by atoms with Gasteiger partial charge in [-0.05, 0) is 6.42 Å². The van der Waals surface area contributed by atoms with Crippen LogP contribution in [0.5, 0.6) is 0 Å². The Morgan fingerprint density at radius 2 is 2.26 bits per heavy atom. The zero-order chi connectivity index (χ0) is 13.8. The summed E-state index contributed by atoms with van der Waals surface area (Å²) in [6.07, 6.45) is 3.07. The Labute approximate surface area is 110 Å². The Morgan fingerprint density at radius 3 is 2.84 bits per heavy atom. The molecule has 0 N–H and O–H groups in total. The lowest BCUT2D eigenvalue weighted by Gasteiger charge is -2.06. The lowest BCUT2D eigenvalue weighted by atomic mass is 10.2. The van der Waals surface area contributed by atoms with Gasteiger partial charge in [0.05, 0.1) is 12.8 Å². The van der Waals surface area contributed by atoms with E-state index in [1.54, 1.807) is 16.4 Å². The summed E-state index contributed by atoms with van der Waals surface area (Å²) in [5, 5.41) is 11.9. The van der Waals surface area contributed by atoms with Gasteiger partial charge in [0, 0.05) is 7.05 Å². The van der Waals surface area contributed by atoms with Gasteiger partial charge < -0.3 is 4.74 Å². The van der Waals surface area contributed by atoms with Gasteiger partial charge >= 0.3 is 5.97 Å². The first kappa shape index (κ1) is 13.2. The number of aromatic nitrogens is 6. The fourth-order valence-electron chi connectivity index (χ4n) is 1.80. The number of aryl methyl sites for hydroxylation is 1. The molecule has 2 aromatic rings. The van der Waals surface area contributed by atoms with Crippen molar-refractivity contribution in [1.29, 1.82) is 0 Å². The molecule has 0 saturated heterocycles. The third kappa shape index (κ3) is 2.61. The van der Waals surface area contributed by atoms with Crippen LogP contribution in [0.25, 0.3) is 0 Å². The molecule has 2 rings (SSSR count). The van der Waals surface area contributed by atoms with E-state index in [0.29, 0.717) is 13.0 Å². The number of ether oxygens (including phenoxy) is 1. The fourth-order valence-corrected chi connectivity index (χ4v) is 1.80. The number of methoxy groups -OCH3 is 1. The van der Waals surface area contributed by atoms with E-state index in [1.165, 1.54) is 13.4 Å². The molecule has 19 heavy (non-hydrogen) atoms. The number of hydrogen-bond acceptors (Lipinski definition) is 6. The van der Waals surface area contributed by atoms with Crippen LogP contribution in [0, 0.1) is 0 Å². The van der Waals surface area contributed by atoms with Gasteiger partial charge in [-0.3, -0.25) is 4.68 Å². The first-order valence-corrected chi connectivity index (χ1v) is 6.00.